The number of aromatic nitrogens is 3. The lowest BCUT2D eigenvalue weighted by Gasteiger charge is -2.14. The van der Waals surface area contributed by atoms with E-state index in [1.807, 2.05) is 44.4 Å². The molecule has 1 aromatic carbocycles. The van der Waals surface area contributed by atoms with Crippen LogP contribution in [-0.2, 0) is 6.54 Å². The predicted molar refractivity (Wildman–Crippen MR) is 75.5 cm³/mol. The first-order chi connectivity index (χ1) is 9.18. The lowest BCUT2D eigenvalue weighted by molar-refractivity contribution is 0.381. The Kier molecular flexibility index (Phi) is 2.83. The molecule has 0 aliphatic heterocycles. The molecule has 2 aromatic heterocycles. The second-order valence-corrected chi connectivity index (χ2v) is 4.88. The summed E-state index contributed by atoms with van der Waals surface area (Å²) < 4.78 is 3.26. The fourth-order valence-corrected chi connectivity index (χ4v) is 2.32. The number of rotatable bonds is 3. The number of hydrogen-bond acceptors (Lipinski definition) is 3. The molecule has 0 saturated carbocycles. The molecular weight excluding hydrogens is 240 g/mol. The van der Waals surface area contributed by atoms with Gasteiger partial charge in [0, 0.05) is 18.5 Å². The molecule has 5 heteroatoms. The summed E-state index contributed by atoms with van der Waals surface area (Å²) in [5.41, 5.74) is 1.74. The van der Waals surface area contributed by atoms with Gasteiger partial charge in [0.2, 0.25) is 0 Å². The zero-order chi connectivity index (χ0) is 13.4. The Morgan fingerprint density at radius 1 is 1.16 bits per heavy atom. The lowest BCUT2D eigenvalue weighted by atomic mass is 10.2. The summed E-state index contributed by atoms with van der Waals surface area (Å²) in [5.74, 6) is 0. The Labute approximate surface area is 110 Å². The zero-order valence-corrected chi connectivity index (χ0v) is 11.1. The van der Waals surface area contributed by atoms with Crippen LogP contribution in [0.3, 0.4) is 0 Å². The van der Waals surface area contributed by atoms with E-state index in [1.165, 1.54) is 4.52 Å². The molecule has 0 N–H and O–H groups in total. The van der Waals surface area contributed by atoms with Crippen LogP contribution in [0.4, 0.5) is 0 Å². The third-order valence-electron chi connectivity index (χ3n) is 3.30. The molecule has 0 spiro atoms. The largest absolute Gasteiger partial charge is 0.349 e. The average Bonchev–Trinajstić information content (AvgIpc) is 2.88. The minimum atomic E-state index is -0.0828. The van der Waals surface area contributed by atoms with Crippen molar-refractivity contribution in [3.8, 4) is 0 Å². The van der Waals surface area contributed by atoms with Crippen molar-refractivity contribution in [1.82, 2.24) is 19.1 Å². The first-order valence-electron chi connectivity index (χ1n) is 6.28. The van der Waals surface area contributed by atoms with Gasteiger partial charge < -0.3 is 4.90 Å². The minimum Gasteiger partial charge on any atom is -0.308 e. The molecule has 0 saturated heterocycles. The van der Waals surface area contributed by atoms with Crippen molar-refractivity contribution in [1.29, 1.82) is 0 Å². The SMILES string of the molecule is CN(C)CCn1c(=O)n2nccc2c2ccccc21. The van der Waals surface area contributed by atoms with Gasteiger partial charge in [-0.1, -0.05) is 18.2 Å². The summed E-state index contributed by atoms with van der Waals surface area (Å²) in [4.78, 5) is 14.5. The maximum absolute atomic E-state index is 12.5. The van der Waals surface area contributed by atoms with E-state index in [1.54, 1.807) is 10.8 Å². The fraction of sp³-hybridized carbons (Fsp3) is 0.286. The lowest BCUT2D eigenvalue weighted by Crippen LogP contribution is -2.31. The Bertz CT molecular complexity index is 785. The molecule has 0 amide bonds. The standard InChI is InChI=1S/C14H16N4O/c1-16(2)9-10-17-12-6-4-3-5-11(12)13-7-8-15-18(13)14(17)19/h3-8H,9-10H2,1-2H3. The van der Waals surface area contributed by atoms with Crippen LogP contribution < -0.4 is 5.69 Å². The minimum absolute atomic E-state index is 0.0828. The Balaban J connectivity index is 2.32. The van der Waals surface area contributed by atoms with E-state index < -0.39 is 0 Å². The predicted octanol–water partition coefficient (Wildman–Crippen LogP) is 1.21. The Morgan fingerprint density at radius 2 is 1.95 bits per heavy atom. The zero-order valence-electron chi connectivity index (χ0n) is 11.1. The highest BCUT2D eigenvalue weighted by Crippen LogP contribution is 2.17. The van der Waals surface area contributed by atoms with Crippen molar-refractivity contribution in [3.05, 3.63) is 47.0 Å². The molecular formula is C14H16N4O. The highest BCUT2D eigenvalue weighted by atomic mass is 16.1. The van der Waals surface area contributed by atoms with E-state index in [0.29, 0.717) is 6.54 Å². The van der Waals surface area contributed by atoms with Crippen molar-refractivity contribution in [2.24, 2.45) is 0 Å². The fourth-order valence-electron chi connectivity index (χ4n) is 2.32. The number of para-hydroxylation sites is 1. The van der Waals surface area contributed by atoms with Gasteiger partial charge in [-0.2, -0.15) is 9.61 Å². The van der Waals surface area contributed by atoms with Crippen LogP contribution in [0.15, 0.2) is 41.3 Å². The second kappa shape index (κ2) is 4.51. The molecule has 0 unspecified atom stereocenters. The molecule has 5 nitrogen and oxygen atoms in total. The van der Waals surface area contributed by atoms with E-state index in [-0.39, 0.29) is 5.69 Å². The second-order valence-electron chi connectivity index (χ2n) is 4.88. The maximum Gasteiger partial charge on any atom is 0.349 e. The highest BCUT2D eigenvalue weighted by Gasteiger charge is 2.10. The molecule has 0 aliphatic carbocycles. The topological polar surface area (TPSA) is 42.5 Å². The molecule has 0 bridgehead atoms. The number of benzene rings is 1. The molecule has 3 rings (SSSR count). The summed E-state index contributed by atoms with van der Waals surface area (Å²) in [6, 6.07) is 9.83. The van der Waals surface area contributed by atoms with Gasteiger partial charge in [-0.15, -0.1) is 0 Å². The van der Waals surface area contributed by atoms with E-state index in [0.717, 1.165) is 23.0 Å². The first-order valence-corrected chi connectivity index (χ1v) is 6.28. The molecule has 3 aromatic rings. The summed E-state index contributed by atoms with van der Waals surface area (Å²) in [7, 11) is 4.00. The van der Waals surface area contributed by atoms with Crippen molar-refractivity contribution < 1.29 is 0 Å². The molecule has 0 aliphatic rings. The number of likely N-dealkylation sites (N-methyl/N-ethyl adjacent to an activating group) is 1. The summed E-state index contributed by atoms with van der Waals surface area (Å²) >= 11 is 0. The van der Waals surface area contributed by atoms with Crippen LogP contribution in [0.1, 0.15) is 0 Å². The monoisotopic (exact) mass is 256 g/mol. The van der Waals surface area contributed by atoms with E-state index in [2.05, 4.69) is 10.00 Å². The van der Waals surface area contributed by atoms with Gasteiger partial charge in [0.1, 0.15) is 0 Å². The van der Waals surface area contributed by atoms with Gasteiger partial charge in [0.25, 0.3) is 0 Å². The van der Waals surface area contributed by atoms with Crippen LogP contribution >= 0.6 is 0 Å². The van der Waals surface area contributed by atoms with E-state index in [4.69, 9.17) is 0 Å². The molecule has 19 heavy (non-hydrogen) atoms. The van der Waals surface area contributed by atoms with Crippen molar-refractivity contribution in [3.63, 3.8) is 0 Å². The van der Waals surface area contributed by atoms with Gasteiger partial charge in [0.15, 0.2) is 0 Å². The highest BCUT2D eigenvalue weighted by molar-refractivity contribution is 5.93. The molecule has 2 heterocycles. The Morgan fingerprint density at radius 3 is 2.74 bits per heavy atom. The van der Waals surface area contributed by atoms with Gasteiger partial charge in [-0.3, -0.25) is 4.57 Å². The van der Waals surface area contributed by atoms with Crippen LogP contribution in [-0.4, -0.2) is 39.7 Å². The van der Waals surface area contributed by atoms with Crippen LogP contribution in [0.25, 0.3) is 16.4 Å². The molecule has 0 atom stereocenters. The molecule has 0 fully saturated rings. The first kappa shape index (κ1) is 11.9. The summed E-state index contributed by atoms with van der Waals surface area (Å²) in [6.45, 7) is 1.47. The third-order valence-corrected chi connectivity index (χ3v) is 3.30. The Hall–Kier alpha value is -2.14. The van der Waals surface area contributed by atoms with Gasteiger partial charge in [-0.05, 0) is 26.2 Å². The molecule has 98 valence electrons. The quantitative estimate of drug-likeness (QED) is 0.707. The van der Waals surface area contributed by atoms with Crippen LogP contribution in [0, 0.1) is 0 Å². The number of fused-ring (bicyclic) bond motifs is 3. The van der Waals surface area contributed by atoms with E-state index in [9.17, 15) is 4.79 Å². The number of nitrogens with zero attached hydrogens (tertiary/aromatic N) is 4. The smallest absolute Gasteiger partial charge is 0.308 e. The third kappa shape index (κ3) is 1.92. The van der Waals surface area contributed by atoms with Crippen molar-refractivity contribution in [2.75, 3.05) is 20.6 Å². The average molecular weight is 256 g/mol. The van der Waals surface area contributed by atoms with Crippen molar-refractivity contribution in [2.45, 2.75) is 6.54 Å². The number of hydrogen-bond donors (Lipinski definition) is 0. The van der Waals surface area contributed by atoms with Gasteiger partial charge in [0.05, 0.1) is 17.2 Å². The van der Waals surface area contributed by atoms with Gasteiger partial charge >= 0.3 is 5.69 Å². The normalized spacial score (nSPS) is 11.7. The van der Waals surface area contributed by atoms with Crippen LogP contribution in [0.2, 0.25) is 0 Å². The van der Waals surface area contributed by atoms with Gasteiger partial charge in [-0.25, -0.2) is 4.79 Å². The van der Waals surface area contributed by atoms with E-state index >= 15 is 0 Å². The van der Waals surface area contributed by atoms with Crippen molar-refractivity contribution >= 4 is 16.4 Å². The van der Waals surface area contributed by atoms with Crippen LogP contribution in [0.5, 0.6) is 0 Å². The summed E-state index contributed by atoms with van der Waals surface area (Å²) in [5, 5.41) is 5.18. The summed E-state index contributed by atoms with van der Waals surface area (Å²) in [6.07, 6.45) is 1.67. The maximum atomic E-state index is 12.5. The molecule has 0 radical (unpaired) electrons.